The number of benzene rings is 2. The van der Waals surface area contributed by atoms with Crippen molar-refractivity contribution in [2.45, 2.75) is 6.92 Å². The Morgan fingerprint density at radius 1 is 1.14 bits per heavy atom. The Morgan fingerprint density at radius 3 is 2.48 bits per heavy atom. The van der Waals surface area contributed by atoms with Gasteiger partial charge in [0.05, 0.1) is 17.2 Å². The maximum atomic E-state index is 12.0. The average Bonchev–Trinajstić information content (AvgIpc) is 2.47. The van der Waals surface area contributed by atoms with Crippen molar-refractivity contribution in [3.05, 3.63) is 59.7 Å². The minimum absolute atomic E-state index is 0.215. The van der Waals surface area contributed by atoms with Gasteiger partial charge >= 0.3 is 5.97 Å². The molecule has 0 saturated heterocycles. The lowest BCUT2D eigenvalue weighted by Crippen LogP contribution is -2.10. The molecule has 0 aliphatic heterocycles. The number of amides is 1. The van der Waals surface area contributed by atoms with E-state index in [-0.39, 0.29) is 5.91 Å². The van der Waals surface area contributed by atoms with Crippen LogP contribution in [0.1, 0.15) is 22.8 Å². The summed E-state index contributed by atoms with van der Waals surface area (Å²) in [5.41, 5.74) is 1.34. The van der Waals surface area contributed by atoms with Gasteiger partial charge < -0.3 is 10.1 Å². The molecule has 0 heterocycles. The molecule has 0 unspecified atom stereocenters. The maximum Gasteiger partial charge on any atom is 0.343 e. The van der Waals surface area contributed by atoms with Gasteiger partial charge in [0.1, 0.15) is 5.75 Å². The van der Waals surface area contributed by atoms with E-state index in [1.165, 1.54) is 13.0 Å². The van der Waals surface area contributed by atoms with E-state index in [1.54, 1.807) is 42.5 Å². The van der Waals surface area contributed by atoms with Gasteiger partial charge in [-0.1, -0.05) is 6.07 Å². The fourth-order valence-electron chi connectivity index (χ4n) is 1.69. The van der Waals surface area contributed by atoms with Gasteiger partial charge in [0.2, 0.25) is 5.91 Å². The normalized spacial score (nSPS) is 9.52. The molecule has 2 rings (SSSR count). The van der Waals surface area contributed by atoms with Crippen LogP contribution < -0.4 is 10.1 Å². The minimum atomic E-state index is -0.535. The molecule has 0 aromatic heterocycles. The molecule has 5 nitrogen and oxygen atoms in total. The van der Waals surface area contributed by atoms with Gasteiger partial charge in [0.25, 0.3) is 0 Å². The van der Waals surface area contributed by atoms with E-state index in [0.29, 0.717) is 22.6 Å². The highest BCUT2D eigenvalue weighted by molar-refractivity contribution is 5.94. The molecule has 5 heteroatoms. The summed E-state index contributed by atoms with van der Waals surface area (Å²) in [5, 5.41) is 11.3. The molecule has 0 aliphatic carbocycles. The van der Waals surface area contributed by atoms with E-state index in [4.69, 9.17) is 10.00 Å². The fraction of sp³-hybridized carbons (Fsp3) is 0.0625. The smallest absolute Gasteiger partial charge is 0.343 e. The monoisotopic (exact) mass is 280 g/mol. The zero-order valence-corrected chi connectivity index (χ0v) is 11.3. The highest BCUT2D eigenvalue weighted by Gasteiger charge is 2.09. The molecule has 0 saturated carbocycles. The minimum Gasteiger partial charge on any atom is -0.423 e. The van der Waals surface area contributed by atoms with Crippen molar-refractivity contribution in [2.75, 3.05) is 5.32 Å². The molecule has 104 valence electrons. The standard InChI is InChI=1S/C16H12N2O3/c1-11(19)18-14-4-2-3-13(9-14)16(20)21-15-7-5-12(10-17)6-8-15/h2-9H,1H3,(H,18,19). The number of anilines is 1. The van der Waals surface area contributed by atoms with Gasteiger partial charge in [-0.3, -0.25) is 4.79 Å². The summed E-state index contributed by atoms with van der Waals surface area (Å²) in [5.74, 6) is -0.400. The van der Waals surface area contributed by atoms with Gasteiger partial charge in [-0.05, 0) is 42.5 Å². The molecular formula is C16H12N2O3. The maximum absolute atomic E-state index is 12.0. The van der Waals surface area contributed by atoms with Crippen molar-refractivity contribution in [1.29, 1.82) is 5.26 Å². The third-order valence-corrected chi connectivity index (χ3v) is 2.61. The fourth-order valence-corrected chi connectivity index (χ4v) is 1.69. The summed E-state index contributed by atoms with van der Waals surface area (Å²) >= 11 is 0. The van der Waals surface area contributed by atoms with Gasteiger partial charge in [0, 0.05) is 12.6 Å². The first kappa shape index (κ1) is 14.3. The Kier molecular flexibility index (Phi) is 4.32. The van der Waals surface area contributed by atoms with Crippen LogP contribution in [0.4, 0.5) is 5.69 Å². The third-order valence-electron chi connectivity index (χ3n) is 2.61. The molecule has 0 fully saturated rings. The SMILES string of the molecule is CC(=O)Nc1cccc(C(=O)Oc2ccc(C#N)cc2)c1. The van der Waals surface area contributed by atoms with E-state index in [2.05, 4.69) is 5.32 Å². The van der Waals surface area contributed by atoms with E-state index in [0.717, 1.165) is 0 Å². The van der Waals surface area contributed by atoms with Crippen molar-refractivity contribution in [3.8, 4) is 11.8 Å². The number of ether oxygens (including phenoxy) is 1. The Labute approximate surface area is 121 Å². The predicted molar refractivity (Wildman–Crippen MR) is 76.9 cm³/mol. The summed E-state index contributed by atoms with van der Waals surface area (Å²) in [6.45, 7) is 1.39. The van der Waals surface area contributed by atoms with Crippen LogP contribution in [0.25, 0.3) is 0 Å². The largest absolute Gasteiger partial charge is 0.423 e. The summed E-state index contributed by atoms with van der Waals surface area (Å²) in [6, 6.07) is 14.7. The van der Waals surface area contributed by atoms with Crippen molar-refractivity contribution < 1.29 is 14.3 Å². The van der Waals surface area contributed by atoms with Crippen molar-refractivity contribution >= 4 is 17.6 Å². The highest BCUT2D eigenvalue weighted by atomic mass is 16.5. The van der Waals surface area contributed by atoms with Crippen LogP contribution in [-0.2, 0) is 4.79 Å². The van der Waals surface area contributed by atoms with E-state index in [9.17, 15) is 9.59 Å². The van der Waals surface area contributed by atoms with Gasteiger partial charge in [-0.25, -0.2) is 4.79 Å². The third kappa shape index (κ3) is 3.91. The van der Waals surface area contributed by atoms with E-state index in [1.807, 2.05) is 6.07 Å². The van der Waals surface area contributed by atoms with Crippen LogP contribution in [0.5, 0.6) is 5.75 Å². The number of carbonyl (C=O) groups excluding carboxylic acids is 2. The molecule has 0 spiro atoms. The zero-order chi connectivity index (χ0) is 15.2. The predicted octanol–water partition coefficient (Wildman–Crippen LogP) is 2.74. The van der Waals surface area contributed by atoms with Crippen molar-refractivity contribution in [2.24, 2.45) is 0 Å². The van der Waals surface area contributed by atoms with E-state index >= 15 is 0 Å². The highest BCUT2D eigenvalue weighted by Crippen LogP contribution is 2.16. The average molecular weight is 280 g/mol. The zero-order valence-electron chi connectivity index (χ0n) is 11.3. The van der Waals surface area contributed by atoms with E-state index < -0.39 is 5.97 Å². The lowest BCUT2D eigenvalue weighted by Gasteiger charge is -2.06. The van der Waals surface area contributed by atoms with Crippen LogP contribution in [0, 0.1) is 11.3 Å². The number of nitrogens with one attached hydrogen (secondary N) is 1. The van der Waals surface area contributed by atoms with Gasteiger partial charge in [-0.2, -0.15) is 5.26 Å². The van der Waals surface area contributed by atoms with Crippen molar-refractivity contribution in [3.63, 3.8) is 0 Å². The number of hydrogen-bond acceptors (Lipinski definition) is 4. The van der Waals surface area contributed by atoms with Crippen molar-refractivity contribution in [1.82, 2.24) is 0 Å². The molecule has 1 N–H and O–H groups in total. The molecule has 1 amide bonds. The molecule has 0 bridgehead atoms. The Balaban J connectivity index is 2.12. The Bertz CT molecular complexity index is 715. The number of carbonyl (C=O) groups is 2. The van der Waals surface area contributed by atoms with Gasteiger partial charge in [0.15, 0.2) is 0 Å². The lowest BCUT2D eigenvalue weighted by atomic mass is 10.2. The molecule has 0 aliphatic rings. The first-order valence-corrected chi connectivity index (χ1v) is 6.18. The lowest BCUT2D eigenvalue weighted by molar-refractivity contribution is -0.114. The van der Waals surface area contributed by atoms with Crippen LogP contribution in [0.3, 0.4) is 0 Å². The van der Waals surface area contributed by atoms with Crippen LogP contribution in [-0.4, -0.2) is 11.9 Å². The Hall–Kier alpha value is -3.13. The molecule has 2 aromatic carbocycles. The number of hydrogen-bond donors (Lipinski definition) is 1. The molecular weight excluding hydrogens is 268 g/mol. The molecule has 0 radical (unpaired) electrons. The first-order chi connectivity index (χ1) is 10.1. The Morgan fingerprint density at radius 2 is 1.86 bits per heavy atom. The topological polar surface area (TPSA) is 79.2 Å². The van der Waals surface area contributed by atoms with Crippen LogP contribution in [0.15, 0.2) is 48.5 Å². The second-order valence-corrected chi connectivity index (χ2v) is 4.29. The number of esters is 1. The number of nitriles is 1. The second kappa shape index (κ2) is 6.35. The number of nitrogens with zero attached hydrogens (tertiary/aromatic N) is 1. The summed E-state index contributed by atoms with van der Waals surface area (Å²) in [4.78, 5) is 23.0. The quantitative estimate of drug-likeness (QED) is 0.692. The molecule has 2 aromatic rings. The van der Waals surface area contributed by atoms with Crippen LogP contribution >= 0.6 is 0 Å². The van der Waals surface area contributed by atoms with Gasteiger partial charge in [-0.15, -0.1) is 0 Å². The number of rotatable bonds is 3. The molecule has 0 atom stereocenters. The second-order valence-electron chi connectivity index (χ2n) is 4.29. The summed E-state index contributed by atoms with van der Waals surface area (Å²) < 4.78 is 5.20. The van der Waals surface area contributed by atoms with Crippen LogP contribution in [0.2, 0.25) is 0 Å². The summed E-state index contributed by atoms with van der Waals surface area (Å²) in [6.07, 6.45) is 0. The molecule has 21 heavy (non-hydrogen) atoms. The summed E-state index contributed by atoms with van der Waals surface area (Å²) in [7, 11) is 0. The first-order valence-electron chi connectivity index (χ1n) is 6.18.